The van der Waals surface area contributed by atoms with Crippen molar-refractivity contribution in [1.29, 1.82) is 0 Å². The van der Waals surface area contributed by atoms with Crippen LogP contribution in [0.1, 0.15) is 48.5 Å². The minimum absolute atomic E-state index is 0.0632. The van der Waals surface area contributed by atoms with Crippen LogP contribution in [0.15, 0.2) is 24.3 Å². The summed E-state index contributed by atoms with van der Waals surface area (Å²) in [6.45, 7) is 1.36. The van der Waals surface area contributed by atoms with Crippen LogP contribution in [0.25, 0.3) is 0 Å². The molecule has 27 heavy (non-hydrogen) atoms. The summed E-state index contributed by atoms with van der Waals surface area (Å²) in [6.07, 6.45) is 3.79. The summed E-state index contributed by atoms with van der Waals surface area (Å²) in [6, 6.07) is 5.45. The molecule has 1 atom stereocenters. The quantitative estimate of drug-likeness (QED) is 0.704. The minimum atomic E-state index is -3.24. The molecule has 8 nitrogen and oxygen atoms in total. The number of ether oxygens (including phenoxy) is 1. The molecule has 0 spiro atoms. The van der Waals surface area contributed by atoms with Crippen LogP contribution in [0, 0.1) is 0 Å². The van der Waals surface area contributed by atoms with Crippen LogP contribution in [0.5, 0.6) is 0 Å². The summed E-state index contributed by atoms with van der Waals surface area (Å²) in [5, 5.41) is 4.87. The Bertz CT molecular complexity index is 815. The van der Waals surface area contributed by atoms with Crippen LogP contribution >= 0.6 is 0 Å². The highest BCUT2D eigenvalue weighted by Gasteiger charge is 2.23. The first-order valence-corrected chi connectivity index (χ1v) is 10.8. The maximum Gasteiger partial charge on any atom is 0.338 e. The van der Waals surface area contributed by atoms with Gasteiger partial charge >= 0.3 is 12.0 Å². The van der Waals surface area contributed by atoms with Gasteiger partial charge < -0.3 is 10.1 Å². The summed E-state index contributed by atoms with van der Waals surface area (Å²) >= 11 is 0. The van der Waals surface area contributed by atoms with Gasteiger partial charge in [-0.25, -0.2) is 18.0 Å². The molecule has 148 valence electrons. The second-order valence-corrected chi connectivity index (χ2v) is 8.90. The predicted octanol–water partition coefficient (Wildman–Crippen LogP) is 1.54. The number of nitrogens with one attached hydrogen (secondary N) is 2. The van der Waals surface area contributed by atoms with E-state index in [4.69, 9.17) is 4.74 Å². The molecule has 9 heteroatoms. The lowest BCUT2D eigenvalue weighted by molar-refractivity contribution is -0.127. The van der Waals surface area contributed by atoms with Crippen molar-refractivity contribution < 1.29 is 27.5 Å². The third kappa shape index (κ3) is 7.01. The number of carbonyl (C=O) groups is 3. The number of imide groups is 1. The topological polar surface area (TPSA) is 119 Å². The molecule has 0 heterocycles. The summed E-state index contributed by atoms with van der Waals surface area (Å²) in [5.74, 6) is -1.71. The van der Waals surface area contributed by atoms with Gasteiger partial charge in [0.15, 0.2) is 15.9 Å². The SMILES string of the molecule is C[C@@H](OC(=O)c1cccc(CS(C)(=O)=O)c1)C(=O)NC(=O)NC1CCCC1. The normalized spacial score (nSPS) is 15.8. The molecule has 0 saturated heterocycles. The van der Waals surface area contributed by atoms with E-state index in [9.17, 15) is 22.8 Å². The fourth-order valence-corrected chi connectivity index (χ4v) is 3.66. The van der Waals surface area contributed by atoms with E-state index in [1.807, 2.05) is 0 Å². The molecule has 2 rings (SSSR count). The van der Waals surface area contributed by atoms with Crippen molar-refractivity contribution in [1.82, 2.24) is 10.6 Å². The third-order valence-electron chi connectivity index (χ3n) is 4.17. The monoisotopic (exact) mass is 396 g/mol. The Balaban J connectivity index is 1.89. The van der Waals surface area contributed by atoms with Crippen molar-refractivity contribution in [3.63, 3.8) is 0 Å². The Labute approximate surface area is 158 Å². The number of hydrogen-bond donors (Lipinski definition) is 2. The van der Waals surface area contributed by atoms with Crippen LogP contribution in [-0.2, 0) is 25.1 Å². The van der Waals surface area contributed by atoms with Crippen molar-refractivity contribution in [3.8, 4) is 0 Å². The molecule has 0 bridgehead atoms. The Kier molecular flexibility index (Phi) is 6.95. The molecule has 1 fully saturated rings. The maximum absolute atomic E-state index is 12.2. The summed E-state index contributed by atoms with van der Waals surface area (Å²) in [5.41, 5.74) is 0.575. The Morgan fingerprint density at radius 1 is 1.22 bits per heavy atom. The molecular weight excluding hydrogens is 372 g/mol. The van der Waals surface area contributed by atoms with Gasteiger partial charge in [0.05, 0.1) is 11.3 Å². The molecule has 0 aliphatic heterocycles. The van der Waals surface area contributed by atoms with Crippen LogP contribution in [0.4, 0.5) is 4.79 Å². The molecule has 1 saturated carbocycles. The second-order valence-electron chi connectivity index (χ2n) is 6.76. The number of urea groups is 1. The first-order valence-electron chi connectivity index (χ1n) is 8.73. The predicted molar refractivity (Wildman–Crippen MR) is 98.8 cm³/mol. The number of hydrogen-bond acceptors (Lipinski definition) is 6. The van der Waals surface area contributed by atoms with E-state index in [0.717, 1.165) is 31.9 Å². The minimum Gasteiger partial charge on any atom is -0.449 e. The number of sulfone groups is 1. The Morgan fingerprint density at radius 2 is 1.89 bits per heavy atom. The van der Waals surface area contributed by atoms with Crippen molar-refractivity contribution in [2.45, 2.75) is 50.5 Å². The highest BCUT2D eigenvalue weighted by Crippen LogP contribution is 2.17. The van der Waals surface area contributed by atoms with Gasteiger partial charge in [-0.2, -0.15) is 0 Å². The summed E-state index contributed by atoms with van der Waals surface area (Å²) in [4.78, 5) is 36.0. The van der Waals surface area contributed by atoms with E-state index >= 15 is 0 Å². The van der Waals surface area contributed by atoms with Gasteiger partial charge in [-0.3, -0.25) is 10.1 Å². The first-order chi connectivity index (χ1) is 12.6. The molecule has 1 aliphatic carbocycles. The summed E-state index contributed by atoms with van der Waals surface area (Å²) in [7, 11) is -3.24. The average molecular weight is 396 g/mol. The van der Waals surface area contributed by atoms with Crippen molar-refractivity contribution >= 4 is 27.7 Å². The third-order valence-corrected chi connectivity index (χ3v) is 5.03. The van der Waals surface area contributed by atoms with Gasteiger partial charge in [-0.1, -0.05) is 25.0 Å². The molecule has 1 aromatic carbocycles. The highest BCUT2D eigenvalue weighted by atomic mass is 32.2. The molecule has 0 radical (unpaired) electrons. The molecular formula is C18H24N2O6S. The van der Waals surface area contributed by atoms with Gasteiger partial charge in [-0.05, 0) is 37.5 Å². The zero-order valence-corrected chi connectivity index (χ0v) is 16.2. The number of carbonyl (C=O) groups excluding carboxylic acids is 3. The number of esters is 1. The number of rotatable bonds is 6. The Morgan fingerprint density at radius 3 is 2.52 bits per heavy atom. The lowest BCUT2D eigenvalue weighted by Crippen LogP contribution is -2.47. The smallest absolute Gasteiger partial charge is 0.338 e. The fraction of sp³-hybridized carbons (Fsp3) is 0.500. The average Bonchev–Trinajstić information content (AvgIpc) is 3.06. The fourth-order valence-electron chi connectivity index (χ4n) is 2.88. The van der Waals surface area contributed by atoms with E-state index in [2.05, 4.69) is 10.6 Å². The van der Waals surface area contributed by atoms with E-state index in [1.54, 1.807) is 6.07 Å². The molecule has 3 amide bonds. The van der Waals surface area contributed by atoms with Crippen molar-refractivity contribution in [2.24, 2.45) is 0 Å². The maximum atomic E-state index is 12.2. The van der Waals surface area contributed by atoms with Gasteiger partial charge in [-0.15, -0.1) is 0 Å². The molecule has 0 aromatic heterocycles. The molecule has 0 unspecified atom stereocenters. The van der Waals surface area contributed by atoms with Gasteiger partial charge in [0.2, 0.25) is 0 Å². The first kappa shape index (κ1) is 20.9. The van der Waals surface area contributed by atoms with E-state index in [0.29, 0.717) is 5.56 Å². The second kappa shape index (κ2) is 8.98. The van der Waals surface area contributed by atoms with Crippen LogP contribution in [-0.4, -0.2) is 44.7 Å². The zero-order valence-electron chi connectivity index (χ0n) is 15.4. The number of amides is 3. The lowest BCUT2D eigenvalue weighted by atomic mass is 10.1. The standard InChI is InChI=1S/C18H24N2O6S/c1-12(16(21)20-18(23)19-15-8-3-4-9-15)26-17(22)14-7-5-6-13(10-14)11-27(2,24)25/h5-7,10,12,15H,3-4,8-9,11H2,1-2H3,(H2,19,20,21,23)/t12-/m1/s1. The van der Waals surface area contributed by atoms with Gasteiger partial charge in [0.25, 0.3) is 5.91 Å². The largest absolute Gasteiger partial charge is 0.449 e. The highest BCUT2D eigenvalue weighted by molar-refractivity contribution is 7.89. The number of benzene rings is 1. The van der Waals surface area contributed by atoms with Crippen molar-refractivity contribution in [2.75, 3.05) is 6.26 Å². The van der Waals surface area contributed by atoms with E-state index < -0.39 is 33.8 Å². The lowest BCUT2D eigenvalue weighted by Gasteiger charge is -2.15. The Hall–Kier alpha value is -2.42. The van der Waals surface area contributed by atoms with E-state index in [-0.39, 0.29) is 17.4 Å². The van der Waals surface area contributed by atoms with Crippen LogP contribution in [0.3, 0.4) is 0 Å². The van der Waals surface area contributed by atoms with Crippen molar-refractivity contribution in [3.05, 3.63) is 35.4 Å². The van der Waals surface area contributed by atoms with Crippen LogP contribution in [0.2, 0.25) is 0 Å². The van der Waals surface area contributed by atoms with Gasteiger partial charge in [0, 0.05) is 12.3 Å². The molecule has 1 aliphatic rings. The van der Waals surface area contributed by atoms with Gasteiger partial charge in [0.1, 0.15) is 0 Å². The van der Waals surface area contributed by atoms with E-state index in [1.165, 1.54) is 25.1 Å². The van der Waals surface area contributed by atoms with Crippen LogP contribution < -0.4 is 10.6 Å². The molecule has 1 aromatic rings. The molecule has 2 N–H and O–H groups in total. The zero-order chi connectivity index (χ0) is 20.0. The summed E-state index contributed by atoms with van der Waals surface area (Å²) < 4.78 is 27.8.